The number of hydrogen-bond acceptors (Lipinski definition) is 4. The first-order valence-corrected chi connectivity index (χ1v) is 12.6. The zero-order chi connectivity index (χ0) is 23.9. The fourth-order valence-corrected chi connectivity index (χ4v) is 6.81. The molecule has 0 bridgehead atoms. The number of imide groups is 1. The number of halogens is 1. The number of nitrogens with zero attached hydrogens (tertiary/aromatic N) is 2. The number of pyridine rings is 1. The molecular formula is C29H29FN2O3. The normalized spacial score (nSPS) is 27.9. The van der Waals surface area contributed by atoms with Crippen molar-refractivity contribution in [1.29, 1.82) is 0 Å². The molecule has 5 nitrogen and oxygen atoms in total. The molecule has 1 aromatic heterocycles. The van der Waals surface area contributed by atoms with Crippen LogP contribution in [0.4, 0.5) is 9.18 Å². The van der Waals surface area contributed by atoms with E-state index in [4.69, 9.17) is 4.74 Å². The van der Waals surface area contributed by atoms with Gasteiger partial charge in [0.1, 0.15) is 12.4 Å². The molecule has 3 fully saturated rings. The minimum absolute atomic E-state index is 0.106. The van der Waals surface area contributed by atoms with Crippen LogP contribution in [0, 0.1) is 23.6 Å². The van der Waals surface area contributed by atoms with Gasteiger partial charge in [0, 0.05) is 18.0 Å². The maximum absolute atomic E-state index is 13.9. The van der Waals surface area contributed by atoms with E-state index in [1.54, 1.807) is 12.1 Å². The Bertz CT molecular complexity index is 1250. The van der Waals surface area contributed by atoms with Crippen molar-refractivity contribution in [2.75, 3.05) is 6.61 Å². The molecule has 5 atom stereocenters. The van der Waals surface area contributed by atoms with Crippen LogP contribution >= 0.6 is 0 Å². The van der Waals surface area contributed by atoms with E-state index in [0.29, 0.717) is 36.5 Å². The SMILES string of the molecule is O=C(CC1C[C@@H]2CC(c3ccnc4ccc(F)cc34)C[C@@H]2C1)N1C(=O)OC[C@H]1Cc1ccccc1. The van der Waals surface area contributed by atoms with Crippen LogP contribution in [0.15, 0.2) is 60.8 Å². The number of amides is 2. The Morgan fingerprint density at radius 3 is 2.57 bits per heavy atom. The summed E-state index contributed by atoms with van der Waals surface area (Å²) in [5.74, 6) is 1.51. The van der Waals surface area contributed by atoms with Gasteiger partial charge in [-0.05, 0) is 91.2 Å². The number of aromatic nitrogens is 1. The van der Waals surface area contributed by atoms with Crippen molar-refractivity contribution < 1.29 is 18.7 Å². The molecule has 2 unspecified atom stereocenters. The number of hydrogen-bond donors (Lipinski definition) is 0. The predicted molar refractivity (Wildman–Crippen MR) is 130 cm³/mol. The molecule has 0 N–H and O–H groups in total. The van der Waals surface area contributed by atoms with Crippen LogP contribution in [0.2, 0.25) is 0 Å². The molecule has 2 saturated carbocycles. The second-order valence-electron chi connectivity index (χ2n) is 10.5. The average molecular weight is 473 g/mol. The number of fused-ring (bicyclic) bond motifs is 2. The van der Waals surface area contributed by atoms with Crippen molar-refractivity contribution >= 4 is 22.9 Å². The van der Waals surface area contributed by atoms with Gasteiger partial charge in [0.25, 0.3) is 0 Å². The predicted octanol–water partition coefficient (Wildman–Crippen LogP) is 5.87. The lowest BCUT2D eigenvalue weighted by molar-refractivity contribution is -0.130. The Balaban J connectivity index is 1.09. The van der Waals surface area contributed by atoms with Crippen LogP contribution in [-0.2, 0) is 16.0 Å². The second-order valence-corrected chi connectivity index (χ2v) is 10.5. The standard InChI is InChI=1S/C29H29FN2O3/c30-23-6-7-27-26(16-23)25(8-9-31-27)22-14-20-10-19(11-21(20)15-22)13-28(33)32-24(17-35-29(32)34)12-18-4-2-1-3-5-18/h1-9,16,19-22,24H,10-15,17H2/t19?,20-,21+,22?,24-/m1/s1. The van der Waals surface area contributed by atoms with Gasteiger partial charge in [-0.15, -0.1) is 0 Å². The third-order valence-corrected chi connectivity index (χ3v) is 8.30. The van der Waals surface area contributed by atoms with Gasteiger partial charge in [0.15, 0.2) is 0 Å². The fraction of sp³-hybridized carbons (Fsp3) is 0.414. The monoisotopic (exact) mass is 472 g/mol. The highest BCUT2D eigenvalue weighted by Crippen LogP contribution is 2.54. The van der Waals surface area contributed by atoms with Gasteiger partial charge in [-0.25, -0.2) is 14.1 Å². The molecule has 3 aliphatic rings. The van der Waals surface area contributed by atoms with Gasteiger partial charge < -0.3 is 4.74 Å². The topological polar surface area (TPSA) is 59.5 Å². The summed E-state index contributed by atoms with van der Waals surface area (Å²) in [6.07, 6.45) is 6.49. The molecule has 6 heteroatoms. The average Bonchev–Trinajstić information content (AvgIpc) is 3.52. The number of benzene rings is 2. The van der Waals surface area contributed by atoms with E-state index in [9.17, 15) is 14.0 Å². The lowest BCUT2D eigenvalue weighted by Crippen LogP contribution is -2.40. The highest BCUT2D eigenvalue weighted by Gasteiger charge is 2.45. The molecule has 2 aromatic carbocycles. The Kier molecular flexibility index (Phi) is 5.75. The first-order valence-electron chi connectivity index (χ1n) is 12.6. The van der Waals surface area contributed by atoms with Crippen molar-refractivity contribution in [3.05, 3.63) is 77.7 Å². The van der Waals surface area contributed by atoms with Crippen LogP contribution in [0.25, 0.3) is 10.9 Å². The van der Waals surface area contributed by atoms with E-state index < -0.39 is 6.09 Å². The number of ether oxygens (including phenoxy) is 1. The lowest BCUT2D eigenvalue weighted by atomic mass is 9.89. The molecule has 180 valence electrons. The molecule has 0 spiro atoms. The Morgan fingerprint density at radius 1 is 1.03 bits per heavy atom. The molecule has 1 aliphatic heterocycles. The van der Waals surface area contributed by atoms with Crippen LogP contribution in [-0.4, -0.2) is 34.5 Å². The van der Waals surface area contributed by atoms with Gasteiger partial charge >= 0.3 is 6.09 Å². The summed E-state index contributed by atoms with van der Waals surface area (Å²) in [5, 5.41) is 0.918. The Labute approximate surface area is 204 Å². The van der Waals surface area contributed by atoms with Crippen LogP contribution < -0.4 is 0 Å². The molecule has 0 radical (unpaired) electrons. The summed E-state index contributed by atoms with van der Waals surface area (Å²) in [5.41, 5.74) is 3.13. The highest BCUT2D eigenvalue weighted by molar-refractivity contribution is 5.93. The first kappa shape index (κ1) is 22.2. The molecule has 1 saturated heterocycles. The highest BCUT2D eigenvalue weighted by atomic mass is 19.1. The summed E-state index contributed by atoms with van der Waals surface area (Å²) in [4.78, 5) is 31.3. The molecule has 3 aromatic rings. The lowest BCUT2D eigenvalue weighted by Gasteiger charge is -2.22. The number of carbonyl (C=O) groups is 2. The molecular weight excluding hydrogens is 443 g/mol. The van der Waals surface area contributed by atoms with E-state index >= 15 is 0 Å². The molecule has 6 rings (SSSR count). The van der Waals surface area contributed by atoms with E-state index in [1.807, 2.05) is 42.6 Å². The summed E-state index contributed by atoms with van der Waals surface area (Å²) in [6, 6.07) is 16.5. The van der Waals surface area contributed by atoms with Gasteiger partial charge in [-0.3, -0.25) is 9.78 Å². The van der Waals surface area contributed by atoms with Crippen molar-refractivity contribution in [1.82, 2.24) is 9.88 Å². The van der Waals surface area contributed by atoms with Crippen molar-refractivity contribution in [2.24, 2.45) is 17.8 Å². The van der Waals surface area contributed by atoms with Crippen molar-refractivity contribution in [2.45, 2.75) is 50.5 Å². The van der Waals surface area contributed by atoms with E-state index in [2.05, 4.69) is 4.98 Å². The zero-order valence-corrected chi connectivity index (χ0v) is 19.6. The molecule has 2 heterocycles. The van der Waals surface area contributed by atoms with Gasteiger partial charge in [0.2, 0.25) is 5.91 Å². The van der Waals surface area contributed by atoms with Gasteiger partial charge in [0.05, 0.1) is 11.6 Å². The maximum atomic E-state index is 13.9. The first-order chi connectivity index (χ1) is 17.0. The smallest absolute Gasteiger partial charge is 0.416 e. The fourth-order valence-electron chi connectivity index (χ4n) is 6.81. The summed E-state index contributed by atoms with van der Waals surface area (Å²) in [7, 11) is 0. The number of carbonyl (C=O) groups excluding carboxylic acids is 2. The third kappa shape index (κ3) is 4.30. The summed E-state index contributed by atoms with van der Waals surface area (Å²) < 4.78 is 19.2. The zero-order valence-electron chi connectivity index (χ0n) is 19.6. The minimum atomic E-state index is -0.508. The number of cyclic esters (lactones) is 1. The van der Waals surface area contributed by atoms with Crippen LogP contribution in [0.1, 0.15) is 49.1 Å². The van der Waals surface area contributed by atoms with E-state index in [1.165, 1.54) is 16.5 Å². The second kappa shape index (κ2) is 9.06. The summed E-state index contributed by atoms with van der Waals surface area (Å²) >= 11 is 0. The largest absolute Gasteiger partial charge is 0.447 e. The Morgan fingerprint density at radius 2 is 1.80 bits per heavy atom. The van der Waals surface area contributed by atoms with Crippen molar-refractivity contribution in [3.63, 3.8) is 0 Å². The minimum Gasteiger partial charge on any atom is -0.447 e. The molecule has 35 heavy (non-hydrogen) atoms. The maximum Gasteiger partial charge on any atom is 0.416 e. The van der Waals surface area contributed by atoms with Crippen LogP contribution in [0.3, 0.4) is 0 Å². The van der Waals surface area contributed by atoms with E-state index in [-0.39, 0.29) is 24.4 Å². The Hall–Kier alpha value is -3.28. The van der Waals surface area contributed by atoms with Gasteiger partial charge in [-0.2, -0.15) is 0 Å². The third-order valence-electron chi connectivity index (χ3n) is 8.30. The van der Waals surface area contributed by atoms with E-state index in [0.717, 1.165) is 42.1 Å². The quantitative estimate of drug-likeness (QED) is 0.466. The summed E-state index contributed by atoms with van der Waals surface area (Å²) in [6.45, 7) is 0.261. The van der Waals surface area contributed by atoms with Gasteiger partial charge in [-0.1, -0.05) is 30.3 Å². The number of rotatable bonds is 5. The molecule has 2 amide bonds. The van der Waals surface area contributed by atoms with Crippen LogP contribution in [0.5, 0.6) is 0 Å². The van der Waals surface area contributed by atoms with Crippen molar-refractivity contribution in [3.8, 4) is 0 Å². The molecule has 2 aliphatic carbocycles.